The molecule has 114 valence electrons. The maximum absolute atomic E-state index is 11.5. The Morgan fingerprint density at radius 2 is 2.05 bits per heavy atom. The van der Waals surface area contributed by atoms with E-state index in [-0.39, 0.29) is 12.5 Å². The van der Waals surface area contributed by atoms with Crippen molar-refractivity contribution in [3.05, 3.63) is 59.3 Å². The highest BCUT2D eigenvalue weighted by Crippen LogP contribution is 2.14. The van der Waals surface area contributed by atoms with Crippen molar-refractivity contribution in [2.45, 2.75) is 6.61 Å². The molecule has 2 amide bonds. The van der Waals surface area contributed by atoms with Crippen molar-refractivity contribution >= 4 is 34.7 Å². The molecule has 0 atom stereocenters. The lowest BCUT2D eigenvalue weighted by molar-refractivity contribution is -0.111. The Balaban J connectivity index is 1.80. The van der Waals surface area contributed by atoms with E-state index >= 15 is 0 Å². The molecule has 0 aliphatic rings. The number of amides is 2. The molecule has 22 heavy (non-hydrogen) atoms. The van der Waals surface area contributed by atoms with Gasteiger partial charge in [-0.1, -0.05) is 18.7 Å². The van der Waals surface area contributed by atoms with Crippen LogP contribution < -0.4 is 16.2 Å². The molecule has 0 bridgehead atoms. The lowest BCUT2D eigenvalue weighted by Crippen LogP contribution is -2.29. The Labute approximate surface area is 131 Å². The fraction of sp³-hybridized carbons (Fsp3) is 0.0667. The van der Waals surface area contributed by atoms with Crippen molar-refractivity contribution in [3.8, 4) is 0 Å². The van der Waals surface area contributed by atoms with Gasteiger partial charge in [0.15, 0.2) is 0 Å². The first-order chi connectivity index (χ1) is 10.7. The molecule has 0 spiro atoms. The smallest absolute Gasteiger partial charge is 0.426 e. The van der Waals surface area contributed by atoms with Crippen LogP contribution in [0.5, 0.6) is 0 Å². The van der Waals surface area contributed by atoms with E-state index in [0.29, 0.717) is 11.4 Å². The van der Waals surface area contributed by atoms with Crippen molar-refractivity contribution in [1.82, 2.24) is 5.43 Å². The Morgan fingerprint density at radius 1 is 1.23 bits per heavy atom. The molecule has 0 radical (unpaired) electrons. The first-order valence-corrected chi connectivity index (χ1v) is 7.30. The molecule has 1 aromatic heterocycles. The summed E-state index contributed by atoms with van der Waals surface area (Å²) in [5.74, 6) is -0.305. The second-order valence-electron chi connectivity index (χ2n) is 4.18. The van der Waals surface area contributed by atoms with Crippen molar-refractivity contribution in [2.24, 2.45) is 0 Å². The predicted octanol–water partition coefficient (Wildman–Crippen LogP) is 3.13. The summed E-state index contributed by atoms with van der Waals surface area (Å²) < 4.78 is 5.04. The number of nitrogens with one attached hydrogen (secondary N) is 3. The quantitative estimate of drug-likeness (QED) is 0.565. The fourth-order valence-electron chi connectivity index (χ4n) is 1.56. The van der Waals surface area contributed by atoms with Gasteiger partial charge in [0.2, 0.25) is 5.91 Å². The van der Waals surface area contributed by atoms with Gasteiger partial charge < -0.3 is 10.1 Å². The Hall–Kier alpha value is -2.80. The maximum atomic E-state index is 11.5. The van der Waals surface area contributed by atoms with Crippen molar-refractivity contribution in [1.29, 1.82) is 0 Å². The Bertz CT molecular complexity index is 656. The number of hydrogen-bond donors (Lipinski definition) is 3. The standard InChI is InChI=1S/C15H15N3O3S/c1-2-14(19)16-11-5-3-6-12(9-11)17-18-15(20)21-10-13-7-4-8-22-13/h2-9,17H,1,10H2,(H,16,19)(H,18,20). The van der Waals surface area contributed by atoms with Gasteiger partial charge in [-0.05, 0) is 35.7 Å². The summed E-state index contributed by atoms with van der Waals surface area (Å²) in [5.41, 5.74) is 6.32. The molecule has 0 aliphatic heterocycles. The number of ether oxygens (including phenoxy) is 1. The molecule has 0 saturated carbocycles. The number of hydrogen-bond acceptors (Lipinski definition) is 5. The second-order valence-corrected chi connectivity index (χ2v) is 5.21. The summed E-state index contributed by atoms with van der Waals surface area (Å²) in [4.78, 5) is 23.7. The number of anilines is 2. The second kappa shape index (κ2) is 7.84. The zero-order valence-corrected chi connectivity index (χ0v) is 12.5. The third-order valence-electron chi connectivity index (χ3n) is 2.55. The molecule has 2 rings (SSSR count). The van der Waals surface area contributed by atoms with Gasteiger partial charge in [-0.25, -0.2) is 10.2 Å². The molecule has 1 aromatic carbocycles. The van der Waals surface area contributed by atoms with Crippen molar-refractivity contribution in [3.63, 3.8) is 0 Å². The lowest BCUT2D eigenvalue weighted by atomic mass is 10.3. The van der Waals surface area contributed by atoms with Crippen LogP contribution >= 0.6 is 11.3 Å². The average Bonchev–Trinajstić information content (AvgIpc) is 3.04. The van der Waals surface area contributed by atoms with Crippen molar-refractivity contribution < 1.29 is 14.3 Å². The van der Waals surface area contributed by atoms with Gasteiger partial charge in [-0.2, -0.15) is 0 Å². The molecule has 2 aromatic rings. The van der Waals surface area contributed by atoms with E-state index in [1.807, 2.05) is 17.5 Å². The van der Waals surface area contributed by atoms with Gasteiger partial charge in [-0.3, -0.25) is 10.2 Å². The van der Waals surface area contributed by atoms with Gasteiger partial charge in [0, 0.05) is 10.6 Å². The summed E-state index contributed by atoms with van der Waals surface area (Å²) in [6.07, 6.45) is 0.592. The lowest BCUT2D eigenvalue weighted by Gasteiger charge is -2.10. The van der Waals surface area contributed by atoms with Gasteiger partial charge in [0.25, 0.3) is 0 Å². The fourth-order valence-corrected chi connectivity index (χ4v) is 2.17. The highest BCUT2D eigenvalue weighted by molar-refractivity contribution is 7.09. The molecule has 0 fully saturated rings. The molecule has 6 nitrogen and oxygen atoms in total. The SMILES string of the molecule is C=CC(=O)Nc1cccc(NNC(=O)OCc2cccs2)c1. The Kier molecular flexibility index (Phi) is 5.56. The van der Waals surface area contributed by atoms with Crippen molar-refractivity contribution in [2.75, 3.05) is 10.7 Å². The van der Waals surface area contributed by atoms with E-state index < -0.39 is 6.09 Å². The molecule has 1 heterocycles. The minimum atomic E-state index is -0.589. The molecule has 0 aliphatic carbocycles. The van der Waals surface area contributed by atoms with Crippen LogP contribution in [0.25, 0.3) is 0 Å². The number of benzene rings is 1. The summed E-state index contributed by atoms with van der Waals surface area (Å²) in [7, 11) is 0. The average molecular weight is 317 g/mol. The molecule has 3 N–H and O–H groups in total. The number of rotatable bonds is 6. The number of thiophene rings is 1. The monoisotopic (exact) mass is 317 g/mol. The van der Waals surface area contributed by atoms with Gasteiger partial charge in [-0.15, -0.1) is 11.3 Å². The largest absolute Gasteiger partial charge is 0.443 e. The summed E-state index contributed by atoms with van der Waals surface area (Å²) in [6, 6.07) is 10.6. The van der Waals surface area contributed by atoms with E-state index in [4.69, 9.17) is 4.74 Å². The third-order valence-corrected chi connectivity index (χ3v) is 3.40. The third kappa shape index (κ3) is 4.95. The van der Waals surface area contributed by atoms with Gasteiger partial charge in [0.05, 0.1) is 5.69 Å². The van der Waals surface area contributed by atoms with Crippen LogP contribution in [-0.4, -0.2) is 12.0 Å². The predicted molar refractivity (Wildman–Crippen MR) is 86.5 cm³/mol. The van der Waals surface area contributed by atoms with Gasteiger partial charge in [0.1, 0.15) is 6.61 Å². The van der Waals surface area contributed by atoms with E-state index in [1.165, 1.54) is 17.4 Å². The molecule has 0 saturated heterocycles. The molecular weight excluding hydrogens is 302 g/mol. The van der Waals surface area contributed by atoms with E-state index in [1.54, 1.807) is 24.3 Å². The minimum absolute atomic E-state index is 0.223. The summed E-state index contributed by atoms with van der Waals surface area (Å²) in [6.45, 7) is 3.60. The first kappa shape index (κ1) is 15.6. The van der Waals surface area contributed by atoms with E-state index in [2.05, 4.69) is 22.7 Å². The zero-order chi connectivity index (χ0) is 15.8. The highest BCUT2D eigenvalue weighted by Gasteiger charge is 2.03. The van der Waals surface area contributed by atoms with E-state index in [0.717, 1.165) is 4.88 Å². The number of carbonyl (C=O) groups excluding carboxylic acids is 2. The van der Waals surface area contributed by atoms with E-state index in [9.17, 15) is 9.59 Å². The van der Waals surface area contributed by atoms with Crippen LogP contribution in [-0.2, 0) is 16.1 Å². The number of carbonyl (C=O) groups is 2. The van der Waals surface area contributed by atoms with Crippen LogP contribution in [0, 0.1) is 0 Å². The Morgan fingerprint density at radius 3 is 2.77 bits per heavy atom. The van der Waals surface area contributed by atoms with Crippen LogP contribution in [0.2, 0.25) is 0 Å². The zero-order valence-electron chi connectivity index (χ0n) is 11.7. The topological polar surface area (TPSA) is 79.5 Å². The minimum Gasteiger partial charge on any atom is -0.443 e. The normalized spacial score (nSPS) is 9.64. The molecule has 0 unspecified atom stereocenters. The van der Waals surface area contributed by atoms with Crippen LogP contribution in [0.3, 0.4) is 0 Å². The summed E-state index contributed by atoms with van der Waals surface area (Å²) >= 11 is 1.52. The highest BCUT2D eigenvalue weighted by atomic mass is 32.1. The van der Waals surface area contributed by atoms with Crippen LogP contribution in [0.4, 0.5) is 16.2 Å². The molecular formula is C15H15N3O3S. The number of hydrazine groups is 1. The van der Waals surface area contributed by atoms with Crippen LogP contribution in [0.15, 0.2) is 54.4 Å². The first-order valence-electron chi connectivity index (χ1n) is 6.42. The van der Waals surface area contributed by atoms with Crippen LogP contribution in [0.1, 0.15) is 4.88 Å². The maximum Gasteiger partial charge on any atom is 0.426 e. The molecule has 7 heteroatoms. The summed E-state index contributed by atoms with van der Waals surface area (Å²) in [5, 5.41) is 4.54. The van der Waals surface area contributed by atoms with Gasteiger partial charge >= 0.3 is 6.09 Å².